The van der Waals surface area contributed by atoms with Gasteiger partial charge in [-0.05, 0) is 68.0 Å². The summed E-state index contributed by atoms with van der Waals surface area (Å²) in [6.45, 7) is 35.7. The van der Waals surface area contributed by atoms with Gasteiger partial charge in [0.1, 0.15) is 0 Å². The Morgan fingerprint density at radius 3 is 1.39 bits per heavy atom. The predicted octanol–water partition coefficient (Wildman–Crippen LogP) is 14.3. The lowest BCUT2D eigenvalue weighted by atomic mass is 9.66. The number of benzene rings is 3. The van der Waals surface area contributed by atoms with Crippen molar-refractivity contribution in [3.05, 3.63) is 206 Å². The Morgan fingerprint density at radius 2 is 1.07 bits per heavy atom. The zero-order valence-corrected chi connectivity index (χ0v) is 30.3. The number of hydrogen-bond donors (Lipinski definition) is 0. The smallest absolute Gasteiger partial charge is 0.0710 e. The molecule has 0 bridgehead atoms. The van der Waals surface area contributed by atoms with Crippen LogP contribution in [0.5, 0.6) is 0 Å². The van der Waals surface area contributed by atoms with Gasteiger partial charge in [-0.15, -0.1) is 13.2 Å². The quantitative estimate of drug-likeness (QED) is 0.184. The second-order valence-electron chi connectivity index (χ2n) is 9.54. The average Bonchev–Trinajstić information content (AvgIpc) is 3.40. The molecule has 0 nitrogen and oxygen atoms in total. The van der Waals surface area contributed by atoms with E-state index in [9.17, 15) is 0 Å². The fourth-order valence-corrected chi connectivity index (χ4v) is 5.06. The molecule has 0 saturated carbocycles. The van der Waals surface area contributed by atoms with Crippen molar-refractivity contribution in [3.8, 4) is 11.1 Å². The van der Waals surface area contributed by atoms with E-state index >= 15 is 0 Å². The Kier molecular flexibility index (Phi) is 25.2. The molecule has 0 spiro atoms. The summed E-state index contributed by atoms with van der Waals surface area (Å²) in [5.41, 5.74) is 9.68. The summed E-state index contributed by atoms with van der Waals surface area (Å²) in [5, 5.41) is 0. The minimum absolute atomic E-state index is 0.373. The molecule has 0 aromatic heterocycles. The normalized spacial score (nSPS) is 12.2. The Morgan fingerprint density at radius 1 is 0.609 bits per heavy atom. The summed E-state index contributed by atoms with van der Waals surface area (Å²) in [4.78, 5) is 0. The van der Waals surface area contributed by atoms with E-state index < -0.39 is 0 Å². The molecule has 0 heteroatoms. The molecule has 0 N–H and O–H groups in total. The van der Waals surface area contributed by atoms with Gasteiger partial charge in [-0.2, -0.15) is 0 Å². The zero-order valence-electron chi connectivity index (χ0n) is 30.3. The maximum Gasteiger partial charge on any atom is 0.0710 e. The molecule has 0 unspecified atom stereocenters. The summed E-state index contributed by atoms with van der Waals surface area (Å²) in [7, 11) is 0. The topological polar surface area (TPSA) is 0 Å². The van der Waals surface area contributed by atoms with Crippen LogP contribution < -0.4 is 0 Å². The Bertz CT molecular complexity index is 1390. The van der Waals surface area contributed by atoms with Gasteiger partial charge in [-0.3, -0.25) is 0 Å². The van der Waals surface area contributed by atoms with Crippen molar-refractivity contribution in [1.29, 1.82) is 0 Å². The molecule has 0 atom stereocenters. The highest BCUT2D eigenvalue weighted by Gasteiger charge is 2.46. The van der Waals surface area contributed by atoms with Crippen molar-refractivity contribution in [1.82, 2.24) is 0 Å². The monoisotopic (exact) mass is 612 g/mol. The van der Waals surface area contributed by atoms with Gasteiger partial charge in [0, 0.05) is 0 Å². The number of rotatable bonds is 7. The first-order valence-electron chi connectivity index (χ1n) is 16.3. The average molecular weight is 613 g/mol. The maximum atomic E-state index is 3.98. The van der Waals surface area contributed by atoms with Crippen LogP contribution in [0, 0.1) is 6.92 Å². The van der Waals surface area contributed by atoms with Gasteiger partial charge in [-0.25, -0.2) is 0 Å². The summed E-state index contributed by atoms with van der Waals surface area (Å²) in [6.07, 6.45) is 20.5. The van der Waals surface area contributed by atoms with Crippen LogP contribution >= 0.6 is 0 Å². The van der Waals surface area contributed by atoms with Gasteiger partial charge < -0.3 is 0 Å². The highest BCUT2D eigenvalue weighted by molar-refractivity contribution is 5.87. The minimum atomic E-state index is -0.373. The Hall–Kier alpha value is -4.68. The maximum absolute atomic E-state index is 3.98. The molecule has 0 amide bonds. The summed E-state index contributed by atoms with van der Waals surface area (Å²) < 4.78 is 0. The molecule has 0 fully saturated rings. The van der Waals surface area contributed by atoms with Crippen molar-refractivity contribution in [2.24, 2.45) is 0 Å². The van der Waals surface area contributed by atoms with E-state index in [0.29, 0.717) is 0 Å². The van der Waals surface area contributed by atoms with Crippen molar-refractivity contribution in [2.75, 3.05) is 0 Å². The molecule has 0 heterocycles. The number of hydrogen-bond acceptors (Lipinski definition) is 0. The third kappa shape index (κ3) is 12.4. The standard InChI is InChI=1S/C27H26.C7H8.C6H10.2C2H6.C2H4/c1-5-9-16-21(8-4)27(22(14-6-2)15-7-3)25-19-12-10-17-23(25)24-18-11-13-20-26(24)27;1-7-5-3-2-4-6-7;1-4-5-6(2)3;3*1-2/h5-20H,1-2H2,3-4H3;2-6H,1H3;4-5H,2H2,1,3H3;2*1-2H3;1-2H2/b15-7-,16-9-,21-8+,22-14+;;5-4-;;;. The van der Waals surface area contributed by atoms with E-state index in [0.717, 1.165) is 5.57 Å². The highest BCUT2D eigenvalue weighted by atomic mass is 14.5. The van der Waals surface area contributed by atoms with Gasteiger partial charge in [0.2, 0.25) is 0 Å². The highest BCUT2D eigenvalue weighted by Crippen LogP contribution is 2.57. The van der Waals surface area contributed by atoms with Crippen LogP contribution in [0.1, 0.15) is 72.1 Å². The molecule has 1 aliphatic carbocycles. The second kappa shape index (κ2) is 26.7. The molecule has 4 rings (SSSR count). The Balaban J connectivity index is 0. The van der Waals surface area contributed by atoms with E-state index in [-0.39, 0.29) is 5.41 Å². The Labute approximate surface area is 284 Å². The molecule has 1 aliphatic rings. The summed E-state index contributed by atoms with van der Waals surface area (Å²) >= 11 is 0. The minimum Gasteiger partial charge on any atom is -0.106 e. The molecule has 0 aliphatic heterocycles. The van der Waals surface area contributed by atoms with E-state index in [1.165, 1.54) is 39.0 Å². The van der Waals surface area contributed by atoms with Gasteiger partial charge in [-0.1, -0.05) is 198 Å². The van der Waals surface area contributed by atoms with Crippen LogP contribution in [0.4, 0.5) is 0 Å². The van der Waals surface area contributed by atoms with Gasteiger partial charge >= 0.3 is 0 Å². The lowest BCUT2D eigenvalue weighted by Gasteiger charge is -2.35. The van der Waals surface area contributed by atoms with Crippen LogP contribution in [0.25, 0.3) is 11.1 Å². The lowest BCUT2D eigenvalue weighted by molar-refractivity contribution is 0.763. The molecule has 3 aromatic carbocycles. The van der Waals surface area contributed by atoms with E-state index in [2.05, 4.69) is 145 Å². The molecule has 0 radical (unpaired) electrons. The lowest BCUT2D eigenvalue weighted by Crippen LogP contribution is -2.29. The van der Waals surface area contributed by atoms with Crippen LogP contribution in [0.15, 0.2) is 189 Å². The molecular weight excluding hydrogens is 553 g/mol. The number of allylic oxidation sites excluding steroid dienone is 13. The molecule has 244 valence electrons. The zero-order chi connectivity index (χ0) is 35.4. The molecule has 46 heavy (non-hydrogen) atoms. The van der Waals surface area contributed by atoms with E-state index in [1.807, 2.05) is 90.1 Å². The largest absolute Gasteiger partial charge is 0.106 e. The summed E-state index contributed by atoms with van der Waals surface area (Å²) in [6, 6.07) is 27.7. The van der Waals surface area contributed by atoms with Crippen molar-refractivity contribution < 1.29 is 0 Å². The second-order valence-corrected chi connectivity index (χ2v) is 9.54. The molecule has 0 saturated heterocycles. The first-order valence-corrected chi connectivity index (χ1v) is 16.3. The third-order valence-corrected chi connectivity index (χ3v) is 6.58. The first kappa shape index (κ1) is 43.4. The van der Waals surface area contributed by atoms with Crippen molar-refractivity contribution in [3.63, 3.8) is 0 Å². The van der Waals surface area contributed by atoms with Gasteiger partial charge in [0.25, 0.3) is 0 Å². The first-order chi connectivity index (χ1) is 22.4. The fourth-order valence-electron chi connectivity index (χ4n) is 5.06. The van der Waals surface area contributed by atoms with Crippen molar-refractivity contribution in [2.45, 2.75) is 67.7 Å². The van der Waals surface area contributed by atoms with Crippen LogP contribution in [0.2, 0.25) is 0 Å². The van der Waals surface area contributed by atoms with Crippen LogP contribution in [-0.2, 0) is 5.41 Å². The predicted molar refractivity (Wildman–Crippen MR) is 214 cm³/mol. The van der Waals surface area contributed by atoms with Gasteiger partial charge in [0.15, 0.2) is 0 Å². The SMILES string of the molecule is C=C.C=C(C)/C=C\C.C=C/C=C\C(=C/C)C1(C(/C=C\C)=C/C=C)c2ccccc2-c2ccccc21.CC.CC.Cc1ccccc1. The third-order valence-electron chi connectivity index (χ3n) is 6.58. The van der Waals surface area contributed by atoms with Crippen molar-refractivity contribution >= 4 is 0 Å². The summed E-state index contributed by atoms with van der Waals surface area (Å²) in [5.74, 6) is 0. The molecular formula is C46H60. The van der Waals surface area contributed by atoms with Crippen LogP contribution in [0.3, 0.4) is 0 Å². The van der Waals surface area contributed by atoms with E-state index in [4.69, 9.17) is 0 Å². The molecule has 3 aromatic rings. The van der Waals surface area contributed by atoms with Crippen LogP contribution in [-0.4, -0.2) is 0 Å². The number of fused-ring (bicyclic) bond motifs is 3. The fraction of sp³-hybridized carbons (Fsp3) is 0.217. The number of aryl methyl sites for hydroxylation is 1. The van der Waals surface area contributed by atoms with E-state index in [1.54, 1.807) is 0 Å². The van der Waals surface area contributed by atoms with Gasteiger partial charge in [0.05, 0.1) is 5.41 Å².